The normalized spacial score (nSPS) is 14.2. The van der Waals surface area contributed by atoms with Crippen LogP contribution in [0.4, 0.5) is 5.95 Å². The second-order valence-electron chi connectivity index (χ2n) is 6.11. The van der Waals surface area contributed by atoms with Crippen molar-refractivity contribution >= 4 is 45.3 Å². The number of aromatic nitrogens is 2. The highest BCUT2D eigenvalue weighted by Gasteiger charge is 2.20. The lowest BCUT2D eigenvalue weighted by Gasteiger charge is -2.10. The summed E-state index contributed by atoms with van der Waals surface area (Å²) in [6.07, 6.45) is 6.04. The van der Waals surface area contributed by atoms with Gasteiger partial charge < -0.3 is 0 Å². The summed E-state index contributed by atoms with van der Waals surface area (Å²) >= 11 is 7.51. The van der Waals surface area contributed by atoms with Crippen molar-refractivity contribution in [1.82, 2.24) is 9.55 Å². The Bertz CT molecular complexity index is 1020. The van der Waals surface area contributed by atoms with Crippen molar-refractivity contribution in [2.45, 2.75) is 25.7 Å². The van der Waals surface area contributed by atoms with Gasteiger partial charge in [-0.05, 0) is 48.9 Å². The van der Waals surface area contributed by atoms with Crippen LogP contribution in [0.2, 0.25) is 5.02 Å². The number of thiophene rings is 1. The highest BCUT2D eigenvalue weighted by Crippen LogP contribution is 2.34. The Hall–Kier alpha value is -2.18. The Balaban J connectivity index is 1.67. The number of anilines is 1. The summed E-state index contributed by atoms with van der Waals surface area (Å²) in [4.78, 5) is 19.5. The van der Waals surface area contributed by atoms with Crippen LogP contribution in [0, 0.1) is 0 Å². The molecule has 1 aliphatic rings. The van der Waals surface area contributed by atoms with Crippen molar-refractivity contribution < 1.29 is 0 Å². The molecule has 5 nitrogen and oxygen atoms in total. The lowest BCUT2D eigenvalue weighted by atomic mass is 9.97. The molecular weight excluding hydrogens is 356 g/mol. The number of halogens is 1. The van der Waals surface area contributed by atoms with E-state index >= 15 is 0 Å². The van der Waals surface area contributed by atoms with E-state index in [0.717, 1.165) is 35.0 Å². The first-order chi connectivity index (χ1) is 12.1. The Morgan fingerprint density at radius 1 is 1.28 bits per heavy atom. The van der Waals surface area contributed by atoms with Crippen LogP contribution in [0.1, 0.15) is 28.8 Å². The monoisotopic (exact) mass is 372 g/mol. The molecule has 2 heterocycles. The summed E-state index contributed by atoms with van der Waals surface area (Å²) in [5, 5.41) is 5.66. The number of hydrogen-bond acceptors (Lipinski definition) is 5. The molecule has 3 aromatic rings. The molecule has 1 N–H and O–H groups in total. The molecule has 0 saturated carbocycles. The molecule has 25 heavy (non-hydrogen) atoms. The van der Waals surface area contributed by atoms with Crippen LogP contribution in [-0.2, 0) is 19.9 Å². The lowest BCUT2D eigenvalue weighted by molar-refractivity contribution is 0.699. The maximum absolute atomic E-state index is 12.8. The third-order valence-electron chi connectivity index (χ3n) is 4.44. The minimum atomic E-state index is -0.00593. The third-order valence-corrected chi connectivity index (χ3v) is 5.88. The molecule has 2 aromatic heterocycles. The molecule has 7 heteroatoms. The molecular formula is C18H17ClN4OS. The Labute approximate surface area is 154 Å². The highest BCUT2D eigenvalue weighted by molar-refractivity contribution is 7.18. The van der Waals surface area contributed by atoms with E-state index in [1.165, 1.54) is 21.4 Å². The average molecular weight is 373 g/mol. The van der Waals surface area contributed by atoms with E-state index in [4.69, 9.17) is 11.6 Å². The Morgan fingerprint density at radius 2 is 2.04 bits per heavy atom. The molecule has 0 unspecified atom stereocenters. The maximum atomic E-state index is 12.8. The fourth-order valence-corrected chi connectivity index (χ4v) is 4.48. The van der Waals surface area contributed by atoms with Crippen molar-refractivity contribution in [1.29, 1.82) is 0 Å². The van der Waals surface area contributed by atoms with Crippen molar-refractivity contribution in [2.24, 2.45) is 12.1 Å². The zero-order valence-corrected chi connectivity index (χ0v) is 15.3. The van der Waals surface area contributed by atoms with Crippen LogP contribution < -0.4 is 11.0 Å². The number of nitrogens with one attached hydrogen (secondary N) is 1. The van der Waals surface area contributed by atoms with Crippen LogP contribution in [-0.4, -0.2) is 15.8 Å². The highest BCUT2D eigenvalue weighted by atomic mass is 35.5. The molecule has 0 spiro atoms. The van der Waals surface area contributed by atoms with Crippen LogP contribution >= 0.6 is 22.9 Å². The van der Waals surface area contributed by atoms with E-state index in [9.17, 15) is 4.79 Å². The molecule has 1 aliphatic carbocycles. The fraction of sp³-hybridized carbons (Fsp3) is 0.278. The number of benzene rings is 1. The van der Waals surface area contributed by atoms with Crippen molar-refractivity contribution in [3.05, 3.63) is 55.6 Å². The Kier molecular flexibility index (Phi) is 4.31. The van der Waals surface area contributed by atoms with Crippen LogP contribution in [0.5, 0.6) is 0 Å². The van der Waals surface area contributed by atoms with Gasteiger partial charge in [-0.1, -0.05) is 23.7 Å². The molecule has 0 radical (unpaired) electrons. The average Bonchev–Trinajstić information content (AvgIpc) is 2.99. The second kappa shape index (κ2) is 6.61. The van der Waals surface area contributed by atoms with E-state index in [-0.39, 0.29) is 5.56 Å². The number of aryl methyl sites for hydroxylation is 2. The van der Waals surface area contributed by atoms with Crippen molar-refractivity contribution in [2.75, 3.05) is 5.43 Å². The minimum Gasteiger partial charge on any atom is -0.280 e. The first-order valence-corrected chi connectivity index (χ1v) is 9.39. The van der Waals surface area contributed by atoms with Gasteiger partial charge in [0.15, 0.2) is 0 Å². The molecule has 0 bridgehead atoms. The van der Waals surface area contributed by atoms with E-state index in [1.54, 1.807) is 36.7 Å². The summed E-state index contributed by atoms with van der Waals surface area (Å²) in [5.74, 6) is 0.446. The molecule has 0 fully saturated rings. The number of hydrazone groups is 1. The maximum Gasteiger partial charge on any atom is 0.263 e. The zero-order chi connectivity index (χ0) is 17.4. The summed E-state index contributed by atoms with van der Waals surface area (Å²) in [6, 6.07) is 7.35. The van der Waals surface area contributed by atoms with Gasteiger partial charge in [-0.3, -0.25) is 9.36 Å². The lowest BCUT2D eigenvalue weighted by Crippen LogP contribution is -2.21. The van der Waals surface area contributed by atoms with Crippen LogP contribution in [0.15, 0.2) is 34.2 Å². The van der Waals surface area contributed by atoms with Crippen molar-refractivity contribution in [3.8, 4) is 0 Å². The predicted octanol–water partition coefficient (Wildman–Crippen LogP) is 3.97. The quantitative estimate of drug-likeness (QED) is 0.559. The second-order valence-corrected chi connectivity index (χ2v) is 7.63. The summed E-state index contributed by atoms with van der Waals surface area (Å²) in [7, 11) is 1.72. The molecule has 0 atom stereocenters. The van der Waals surface area contributed by atoms with E-state index in [1.807, 2.05) is 12.1 Å². The van der Waals surface area contributed by atoms with Crippen molar-refractivity contribution in [3.63, 3.8) is 0 Å². The molecule has 0 amide bonds. The Morgan fingerprint density at radius 3 is 2.84 bits per heavy atom. The van der Waals surface area contributed by atoms with Gasteiger partial charge in [-0.15, -0.1) is 11.3 Å². The van der Waals surface area contributed by atoms with Gasteiger partial charge >= 0.3 is 0 Å². The predicted molar refractivity (Wildman–Crippen MR) is 104 cm³/mol. The largest absolute Gasteiger partial charge is 0.280 e. The molecule has 1 aromatic carbocycles. The first-order valence-electron chi connectivity index (χ1n) is 8.19. The van der Waals surface area contributed by atoms with Crippen LogP contribution in [0.25, 0.3) is 10.2 Å². The molecule has 0 saturated heterocycles. The van der Waals surface area contributed by atoms with Gasteiger partial charge in [-0.2, -0.15) is 5.10 Å². The molecule has 4 rings (SSSR count). The topological polar surface area (TPSA) is 59.3 Å². The first kappa shape index (κ1) is 16.3. The SMILES string of the molecule is Cn1c(NN=Cc2ccc(Cl)cc2)nc2sc3c(c2c1=O)CCCC3. The fourth-order valence-electron chi connectivity index (χ4n) is 3.10. The minimum absolute atomic E-state index is 0.00593. The summed E-state index contributed by atoms with van der Waals surface area (Å²) < 4.78 is 1.53. The van der Waals surface area contributed by atoms with Gasteiger partial charge in [0.05, 0.1) is 11.6 Å². The van der Waals surface area contributed by atoms with Gasteiger partial charge in [0.25, 0.3) is 5.56 Å². The number of hydrogen-bond donors (Lipinski definition) is 1. The van der Waals surface area contributed by atoms with Crippen LogP contribution in [0.3, 0.4) is 0 Å². The zero-order valence-electron chi connectivity index (χ0n) is 13.8. The van der Waals surface area contributed by atoms with Gasteiger partial charge in [0.1, 0.15) is 4.83 Å². The number of rotatable bonds is 3. The standard InChI is InChI=1S/C18H17ClN4OS/c1-23-17(24)15-13-4-2-3-5-14(13)25-16(15)21-18(23)22-20-10-11-6-8-12(19)9-7-11/h6-10H,2-5H2,1H3,(H,21,22). The molecule has 128 valence electrons. The summed E-state index contributed by atoms with van der Waals surface area (Å²) in [5.41, 5.74) is 4.99. The third kappa shape index (κ3) is 3.07. The molecule has 0 aliphatic heterocycles. The van der Waals surface area contributed by atoms with E-state index in [0.29, 0.717) is 11.0 Å². The van der Waals surface area contributed by atoms with Gasteiger partial charge in [-0.25, -0.2) is 10.4 Å². The number of nitrogens with zero attached hydrogens (tertiary/aromatic N) is 3. The van der Waals surface area contributed by atoms with Gasteiger partial charge in [0.2, 0.25) is 5.95 Å². The summed E-state index contributed by atoms with van der Waals surface area (Å²) in [6.45, 7) is 0. The van der Waals surface area contributed by atoms with E-state index in [2.05, 4.69) is 15.5 Å². The number of fused-ring (bicyclic) bond motifs is 3. The van der Waals surface area contributed by atoms with Gasteiger partial charge in [0, 0.05) is 16.9 Å². The smallest absolute Gasteiger partial charge is 0.263 e. The van der Waals surface area contributed by atoms with E-state index < -0.39 is 0 Å².